The smallest absolute Gasteiger partial charge is 0.198 e. The van der Waals surface area contributed by atoms with Gasteiger partial charge in [-0.2, -0.15) is 5.26 Å². The first-order chi connectivity index (χ1) is 6.92. The molecule has 3 heteroatoms. The average molecular weight is 180 g/mol. The lowest BCUT2D eigenvalue weighted by molar-refractivity contribution is 1.15. The fraction of sp³-hybridized carbons (Fsp3) is 0. The van der Waals surface area contributed by atoms with Gasteiger partial charge in [0.15, 0.2) is 6.33 Å². The molecule has 0 spiro atoms. The second-order valence-electron chi connectivity index (χ2n) is 2.70. The SMILES string of the molecule is N#Cc1ccccc1-c1ccn[c]n1. The molecule has 0 saturated heterocycles. The Labute approximate surface area is 81.7 Å². The third-order valence-corrected chi connectivity index (χ3v) is 1.86. The molecule has 3 nitrogen and oxygen atoms in total. The minimum absolute atomic E-state index is 0.611. The summed E-state index contributed by atoms with van der Waals surface area (Å²) in [7, 11) is 0. The predicted molar refractivity (Wildman–Crippen MR) is 51.0 cm³/mol. The summed E-state index contributed by atoms with van der Waals surface area (Å²) < 4.78 is 0. The lowest BCUT2D eigenvalue weighted by atomic mass is 10.1. The molecule has 2 rings (SSSR count). The topological polar surface area (TPSA) is 49.6 Å². The van der Waals surface area contributed by atoms with Crippen molar-refractivity contribution in [2.75, 3.05) is 0 Å². The molecule has 1 radical (unpaired) electrons. The minimum Gasteiger partial charge on any atom is -0.234 e. The first-order valence-electron chi connectivity index (χ1n) is 4.10. The quantitative estimate of drug-likeness (QED) is 0.672. The van der Waals surface area contributed by atoms with Crippen LogP contribution in [-0.4, -0.2) is 9.97 Å². The van der Waals surface area contributed by atoms with E-state index < -0.39 is 0 Å². The van der Waals surface area contributed by atoms with E-state index in [0.29, 0.717) is 5.56 Å². The highest BCUT2D eigenvalue weighted by Crippen LogP contribution is 2.19. The van der Waals surface area contributed by atoms with Crippen LogP contribution in [0.25, 0.3) is 11.3 Å². The molecule has 65 valence electrons. The van der Waals surface area contributed by atoms with Gasteiger partial charge in [-0.05, 0) is 12.1 Å². The maximum absolute atomic E-state index is 8.88. The van der Waals surface area contributed by atoms with Crippen molar-refractivity contribution in [3.8, 4) is 17.3 Å². The summed E-state index contributed by atoms with van der Waals surface area (Å²) in [5, 5.41) is 8.88. The van der Waals surface area contributed by atoms with Crippen molar-refractivity contribution in [3.05, 3.63) is 48.4 Å². The van der Waals surface area contributed by atoms with Crippen LogP contribution in [0.3, 0.4) is 0 Å². The van der Waals surface area contributed by atoms with Gasteiger partial charge in [-0.1, -0.05) is 18.2 Å². The molecule has 0 aliphatic heterocycles. The molecular weight excluding hydrogens is 174 g/mol. The Morgan fingerprint density at radius 1 is 1.21 bits per heavy atom. The van der Waals surface area contributed by atoms with E-state index in [4.69, 9.17) is 5.26 Å². The van der Waals surface area contributed by atoms with Crippen molar-refractivity contribution in [1.82, 2.24) is 9.97 Å². The van der Waals surface area contributed by atoms with Crippen molar-refractivity contribution in [3.63, 3.8) is 0 Å². The van der Waals surface area contributed by atoms with Crippen molar-refractivity contribution in [2.24, 2.45) is 0 Å². The van der Waals surface area contributed by atoms with Gasteiger partial charge in [0.25, 0.3) is 0 Å². The second-order valence-corrected chi connectivity index (χ2v) is 2.70. The highest BCUT2D eigenvalue weighted by atomic mass is 14.8. The van der Waals surface area contributed by atoms with Crippen LogP contribution in [0.4, 0.5) is 0 Å². The van der Waals surface area contributed by atoms with Crippen LogP contribution >= 0.6 is 0 Å². The van der Waals surface area contributed by atoms with Crippen LogP contribution in [-0.2, 0) is 0 Å². The van der Waals surface area contributed by atoms with E-state index in [1.165, 1.54) is 0 Å². The van der Waals surface area contributed by atoms with Gasteiger partial charge in [-0.3, -0.25) is 0 Å². The van der Waals surface area contributed by atoms with Crippen molar-refractivity contribution < 1.29 is 0 Å². The standard InChI is InChI=1S/C11H6N3/c12-7-9-3-1-2-4-10(9)11-5-6-13-8-14-11/h1-6H. The van der Waals surface area contributed by atoms with Crippen molar-refractivity contribution in [2.45, 2.75) is 0 Å². The summed E-state index contributed by atoms with van der Waals surface area (Å²) >= 11 is 0. The molecule has 0 aliphatic carbocycles. The Balaban J connectivity index is 2.58. The van der Waals surface area contributed by atoms with Gasteiger partial charge in [0, 0.05) is 11.8 Å². The molecule has 0 fully saturated rings. The number of benzene rings is 1. The molecule has 14 heavy (non-hydrogen) atoms. The average Bonchev–Trinajstić information content (AvgIpc) is 2.30. The van der Waals surface area contributed by atoms with Gasteiger partial charge in [-0.15, -0.1) is 0 Å². The summed E-state index contributed by atoms with van der Waals surface area (Å²) in [5.74, 6) is 0. The van der Waals surface area contributed by atoms with Crippen LogP contribution in [0.15, 0.2) is 36.5 Å². The number of nitrogens with zero attached hydrogens (tertiary/aromatic N) is 3. The largest absolute Gasteiger partial charge is 0.234 e. The monoisotopic (exact) mass is 180 g/mol. The summed E-state index contributed by atoms with van der Waals surface area (Å²) in [6, 6.07) is 11.2. The van der Waals surface area contributed by atoms with Crippen molar-refractivity contribution >= 4 is 0 Å². The van der Waals surface area contributed by atoms with E-state index in [2.05, 4.69) is 22.4 Å². The third kappa shape index (κ3) is 1.46. The summed E-state index contributed by atoms with van der Waals surface area (Å²) in [5.41, 5.74) is 2.14. The molecule has 2 aromatic rings. The fourth-order valence-corrected chi connectivity index (χ4v) is 1.22. The molecule has 0 bridgehead atoms. The van der Waals surface area contributed by atoms with E-state index in [1.54, 1.807) is 18.3 Å². The zero-order chi connectivity index (χ0) is 9.80. The summed E-state index contributed by atoms with van der Waals surface area (Å²) in [6.07, 6.45) is 4.11. The van der Waals surface area contributed by atoms with E-state index in [9.17, 15) is 0 Å². The number of nitriles is 1. The maximum Gasteiger partial charge on any atom is 0.198 e. The van der Waals surface area contributed by atoms with Crippen LogP contribution in [0.1, 0.15) is 5.56 Å². The molecule has 0 N–H and O–H groups in total. The molecule has 0 aliphatic rings. The van der Waals surface area contributed by atoms with Gasteiger partial charge in [0.05, 0.1) is 17.3 Å². The van der Waals surface area contributed by atoms with Crippen molar-refractivity contribution in [1.29, 1.82) is 5.26 Å². The lowest BCUT2D eigenvalue weighted by Gasteiger charge is -2.00. The Kier molecular flexibility index (Phi) is 2.20. The van der Waals surface area contributed by atoms with E-state index in [1.807, 2.05) is 18.2 Å². The Morgan fingerprint density at radius 2 is 2.07 bits per heavy atom. The normalized spacial score (nSPS) is 9.36. The molecule has 0 amide bonds. The molecule has 1 aromatic carbocycles. The summed E-state index contributed by atoms with van der Waals surface area (Å²) in [4.78, 5) is 7.68. The fourth-order valence-electron chi connectivity index (χ4n) is 1.22. The highest BCUT2D eigenvalue weighted by molar-refractivity contribution is 5.66. The number of hydrogen-bond acceptors (Lipinski definition) is 3. The Morgan fingerprint density at radius 3 is 2.79 bits per heavy atom. The van der Waals surface area contributed by atoms with Gasteiger partial charge < -0.3 is 0 Å². The van der Waals surface area contributed by atoms with Crippen LogP contribution in [0.2, 0.25) is 0 Å². The van der Waals surface area contributed by atoms with Gasteiger partial charge in [0.1, 0.15) is 0 Å². The minimum atomic E-state index is 0.611. The first-order valence-corrected chi connectivity index (χ1v) is 4.10. The van der Waals surface area contributed by atoms with Gasteiger partial charge in [-0.25, -0.2) is 9.97 Å². The molecule has 1 aromatic heterocycles. The first kappa shape index (κ1) is 8.39. The number of hydrogen-bond donors (Lipinski definition) is 0. The lowest BCUT2D eigenvalue weighted by Crippen LogP contribution is -1.87. The Hall–Kier alpha value is -2.21. The zero-order valence-corrected chi connectivity index (χ0v) is 7.31. The predicted octanol–water partition coefficient (Wildman–Crippen LogP) is 1.82. The Bertz CT molecular complexity index is 471. The maximum atomic E-state index is 8.88. The number of aromatic nitrogens is 2. The van der Waals surface area contributed by atoms with E-state index >= 15 is 0 Å². The van der Waals surface area contributed by atoms with Gasteiger partial charge in [0.2, 0.25) is 0 Å². The zero-order valence-electron chi connectivity index (χ0n) is 7.31. The molecular formula is C11H6N3. The molecule has 1 heterocycles. The van der Waals surface area contributed by atoms with E-state index in [-0.39, 0.29) is 0 Å². The van der Waals surface area contributed by atoms with Crippen LogP contribution in [0.5, 0.6) is 0 Å². The molecule has 0 atom stereocenters. The highest BCUT2D eigenvalue weighted by Gasteiger charge is 2.03. The second kappa shape index (κ2) is 3.67. The molecule has 0 unspecified atom stereocenters. The third-order valence-electron chi connectivity index (χ3n) is 1.86. The number of rotatable bonds is 1. The van der Waals surface area contributed by atoms with E-state index in [0.717, 1.165) is 11.3 Å². The van der Waals surface area contributed by atoms with Crippen LogP contribution < -0.4 is 0 Å². The molecule has 0 saturated carbocycles. The van der Waals surface area contributed by atoms with Gasteiger partial charge >= 0.3 is 0 Å². The summed E-state index contributed by atoms with van der Waals surface area (Å²) in [6.45, 7) is 0. The van der Waals surface area contributed by atoms with Crippen LogP contribution in [0, 0.1) is 17.7 Å².